The second kappa shape index (κ2) is 6.49. The summed E-state index contributed by atoms with van der Waals surface area (Å²) in [5, 5.41) is 11.8. The first-order chi connectivity index (χ1) is 16.9. The van der Waals surface area contributed by atoms with Gasteiger partial charge in [-0.3, -0.25) is 0 Å². The van der Waals surface area contributed by atoms with Crippen LogP contribution in [0.15, 0.2) is 118 Å². The molecule has 2 aromatic heterocycles. The molecular formula is C32H18O2. The van der Waals surface area contributed by atoms with E-state index in [0.717, 1.165) is 43.8 Å². The Labute approximate surface area is 194 Å². The minimum absolute atomic E-state index is 0.916. The van der Waals surface area contributed by atoms with Gasteiger partial charge in [0, 0.05) is 32.7 Å². The van der Waals surface area contributed by atoms with Crippen LogP contribution in [0.4, 0.5) is 0 Å². The van der Waals surface area contributed by atoms with Crippen LogP contribution >= 0.6 is 0 Å². The summed E-state index contributed by atoms with van der Waals surface area (Å²) in [6.07, 6.45) is 3.74. The molecule has 8 rings (SSSR count). The van der Waals surface area contributed by atoms with Gasteiger partial charge in [0.05, 0.1) is 12.5 Å². The molecule has 8 aromatic rings. The normalized spacial score (nSPS) is 12.1. The van der Waals surface area contributed by atoms with Gasteiger partial charge in [-0.05, 0) is 56.6 Å². The predicted octanol–water partition coefficient (Wildman–Crippen LogP) is 9.46. The molecule has 0 atom stereocenters. The molecule has 2 heterocycles. The Balaban J connectivity index is 1.39. The van der Waals surface area contributed by atoms with Gasteiger partial charge in [-0.2, -0.15) is 0 Å². The lowest BCUT2D eigenvalue weighted by Crippen LogP contribution is -1.80. The Morgan fingerprint density at radius 3 is 1.24 bits per heavy atom. The third-order valence-electron chi connectivity index (χ3n) is 7.21. The molecule has 2 nitrogen and oxygen atoms in total. The first-order valence-electron chi connectivity index (χ1n) is 11.5. The number of hydrogen-bond acceptors (Lipinski definition) is 2. The lowest BCUT2D eigenvalue weighted by molar-refractivity contribution is 0.615. The summed E-state index contributed by atoms with van der Waals surface area (Å²) in [5.74, 6) is 0. The van der Waals surface area contributed by atoms with Gasteiger partial charge in [-0.15, -0.1) is 0 Å². The van der Waals surface area contributed by atoms with E-state index in [0.29, 0.717) is 0 Å². The molecule has 0 radical (unpaired) electrons. The van der Waals surface area contributed by atoms with E-state index < -0.39 is 0 Å². The van der Waals surface area contributed by atoms with Crippen molar-refractivity contribution in [1.82, 2.24) is 0 Å². The molecule has 6 aromatic carbocycles. The number of hydrogen-bond donors (Lipinski definition) is 0. The number of benzene rings is 6. The van der Waals surface area contributed by atoms with E-state index >= 15 is 0 Å². The maximum absolute atomic E-state index is 6.19. The van der Waals surface area contributed by atoms with Crippen LogP contribution in [-0.4, -0.2) is 0 Å². The largest absolute Gasteiger partial charge is 0.463 e. The highest BCUT2D eigenvalue weighted by atomic mass is 16.3. The van der Waals surface area contributed by atoms with E-state index in [9.17, 15) is 0 Å². The standard InChI is InChI=1S/C32H18O2/c1-3-7-21-19(5-1)9-11-25-23(21)13-15-27-29(17-33-31(25)27)30-18-34-32-26-12-10-20-6-2-4-8-22(20)24(26)14-16-28(30)32/h1-18H. The maximum atomic E-state index is 6.19. The van der Waals surface area contributed by atoms with Gasteiger partial charge in [0.25, 0.3) is 0 Å². The van der Waals surface area contributed by atoms with Crippen molar-refractivity contribution >= 4 is 65.0 Å². The van der Waals surface area contributed by atoms with Crippen molar-refractivity contribution in [3.8, 4) is 11.1 Å². The van der Waals surface area contributed by atoms with Gasteiger partial charge < -0.3 is 8.83 Å². The average molecular weight is 434 g/mol. The molecule has 0 aliphatic heterocycles. The molecule has 0 saturated heterocycles. The fourth-order valence-corrected chi connectivity index (χ4v) is 5.58. The first-order valence-corrected chi connectivity index (χ1v) is 11.5. The summed E-state index contributed by atoms with van der Waals surface area (Å²) >= 11 is 0. The Bertz CT molecular complexity index is 1920. The second-order valence-corrected chi connectivity index (χ2v) is 8.95. The zero-order valence-electron chi connectivity index (χ0n) is 18.2. The molecule has 0 spiro atoms. The molecule has 0 aliphatic rings. The number of rotatable bonds is 1. The smallest absolute Gasteiger partial charge is 0.142 e. The first kappa shape index (κ1) is 17.9. The lowest BCUT2D eigenvalue weighted by atomic mass is 9.96. The van der Waals surface area contributed by atoms with Crippen molar-refractivity contribution in [1.29, 1.82) is 0 Å². The van der Waals surface area contributed by atoms with Crippen LogP contribution in [0.1, 0.15) is 0 Å². The minimum atomic E-state index is 0.916. The van der Waals surface area contributed by atoms with E-state index in [1.54, 1.807) is 0 Å². The van der Waals surface area contributed by atoms with Crippen molar-refractivity contribution in [3.63, 3.8) is 0 Å². The Morgan fingerprint density at radius 1 is 0.324 bits per heavy atom. The van der Waals surface area contributed by atoms with Crippen LogP contribution in [-0.2, 0) is 0 Å². The summed E-state index contributed by atoms with van der Waals surface area (Å²) < 4.78 is 12.4. The quantitative estimate of drug-likeness (QED) is 0.240. The highest BCUT2D eigenvalue weighted by molar-refractivity contribution is 6.21. The highest BCUT2D eigenvalue weighted by Crippen LogP contribution is 2.42. The molecule has 2 heteroatoms. The van der Waals surface area contributed by atoms with E-state index in [4.69, 9.17) is 8.83 Å². The van der Waals surface area contributed by atoms with Crippen LogP contribution in [0, 0.1) is 0 Å². The lowest BCUT2D eigenvalue weighted by Gasteiger charge is -2.05. The molecular weight excluding hydrogens is 416 g/mol. The molecule has 34 heavy (non-hydrogen) atoms. The zero-order chi connectivity index (χ0) is 22.2. The van der Waals surface area contributed by atoms with Gasteiger partial charge in [0.1, 0.15) is 11.2 Å². The molecule has 0 aliphatic carbocycles. The SMILES string of the molecule is c1ccc2c(c1)ccc1c2ccc2c(-c3coc4c3ccc3c5ccccc5ccc34)coc21. The van der Waals surface area contributed by atoms with Crippen LogP contribution < -0.4 is 0 Å². The topological polar surface area (TPSA) is 26.3 Å². The number of fused-ring (bicyclic) bond motifs is 10. The molecule has 0 bridgehead atoms. The van der Waals surface area contributed by atoms with E-state index in [-0.39, 0.29) is 0 Å². The minimum Gasteiger partial charge on any atom is -0.463 e. The van der Waals surface area contributed by atoms with Crippen molar-refractivity contribution < 1.29 is 8.83 Å². The van der Waals surface area contributed by atoms with Crippen molar-refractivity contribution in [2.75, 3.05) is 0 Å². The van der Waals surface area contributed by atoms with Crippen LogP contribution in [0.2, 0.25) is 0 Å². The summed E-state index contributed by atoms with van der Waals surface area (Å²) in [5.41, 5.74) is 3.95. The highest BCUT2D eigenvalue weighted by Gasteiger charge is 2.18. The number of furan rings is 2. The van der Waals surface area contributed by atoms with Crippen molar-refractivity contribution in [2.24, 2.45) is 0 Å². The van der Waals surface area contributed by atoms with Gasteiger partial charge in [-0.25, -0.2) is 0 Å². The molecule has 0 fully saturated rings. The Hall–Kier alpha value is -4.56. The summed E-state index contributed by atoms with van der Waals surface area (Å²) in [4.78, 5) is 0. The fraction of sp³-hybridized carbons (Fsp3) is 0. The van der Waals surface area contributed by atoms with E-state index in [2.05, 4.69) is 97.1 Å². The molecule has 0 unspecified atom stereocenters. The van der Waals surface area contributed by atoms with Crippen LogP contribution in [0.25, 0.3) is 76.2 Å². The van der Waals surface area contributed by atoms with Crippen LogP contribution in [0.3, 0.4) is 0 Å². The van der Waals surface area contributed by atoms with E-state index in [1.807, 2.05) is 12.5 Å². The molecule has 158 valence electrons. The molecule has 0 N–H and O–H groups in total. The van der Waals surface area contributed by atoms with Crippen molar-refractivity contribution in [2.45, 2.75) is 0 Å². The maximum Gasteiger partial charge on any atom is 0.142 e. The summed E-state index contributed by atoms with van der Waals surface area (Å²) in [7, 11) is 0. The average Bonchev–Trinajstić information content (AvgIpc) is 3.52. The van der Waals surface area contributed by atoms with E-state index in [1.165, 1.54) is 32.3 Å². The monoisotopic (exact) mass is 434 g/mol. The van der Waals surface area contributed by atoms with Crippen LogP contribution in [0.5, 0.6) is 0 Å². The van der Waals surface area contributed by atoms with Gasteiger partial charge >= 0.3 is 0 Å². The third-order valence-corrected chi connectivity index (χ3v) is 7.21. The molecule has 0 saturated carbocycles. The predicted molar refractivity (Wildman–Crippen MR) is 141 cm³/mol. The Morgan fingerprint density at radius 2 is 0.735 bits per heavy atom. The van der Waals surface area contributed by atoms with Gasteiger partial charge in [-0.1, -0.05) is 72.8 Å². The second-order valence-electron chi connectivity index (χ2n) is 8.95. The van der Waals surface area contributed by atoms with Gasteiger partial charge in [0.2, 0.25) is 0 Å². The third kappa shape index (κ3) is 2.29. The summed E-state index contributed by atoms with van der Waals surface area (Å²) in [6.45, 7) is 0. The zero-order valence-corrected chi connectivity index (χ0v) is 18.2. The summed E-state index contributed by atoms with van der Waals surface area (Å²) in [6, 6.07) is 34.4. The van der Waals surface area contributed by atoms with Crippen molar-refractivity contribution in [3.05, 3.63) is 110 Å². The fourth-order valence-electron chi connectivity index (χ4n) is 5.58. The Kier molecular flexibility index (Phi) is 3.42. The van der Waals surface area contributed by atoms with Gasteiger partial charge in [0.15, 0.2) is 0 Å². The molecule has 0 amide bonds.